The highest BCUT2D eigenvalue weighted by Gasteiger charge is 2.25. The molecule has 0 radical (unpaired) electrons. The molecule has 1 fully saturated rings. The Hall–Kier alpha value is -2.75. The molecular formula is C35H43F3O. The fourth-order valence-electron chi connectivity index (χ4n) is 5.69. The molecule has 0 aromatic heterocycles. The van der Waals surface area contributed by atoms with Gasteiger partial charge in [0.2, 0.25) is 0 Å². The monoisotopic (exact) mass is 536 g/mol. The maximum absolute atomic E-state index is 15.1. The SMILES string of the molecule is CCCCCCCCOc1ccc(CCc2ccc(-c3ccc(C4CCC(C)CC4)c(F)c3F)cc2)cc1F. The van der Waals surface area contributed by atoms with Gasteiger partial charge in [0.15, 0.2) is 23.2 Å². The van der Waals surface area contributed by atoms with Crippen molar-refractivity contribution in [2.75, 3.05) is 6.61 Å². The second-order valence-corrected chi connectivity index (χ2v) is 11.4. The molecule has 0 spiro atoms. The molecule has 39 heavy (non-hydrogen) atoms. The van der Waals surface area contributed by atoms with Gasteiger partial charge < -0.3 is 4.74 Å². The summed E-state index contributed by atoms with van der Waals surface area (Å²) in [6.07, 6.45) is 12.4. The second-order valence-electron chi connectivity index (χ2n) is 11.4. The Kier molecular flexibility index (Phi) is 10.9. The minimum absolute atomic E-state index is 0.109. The van der Waals surface area contributed by atoms with E-state index in [1.807, 2.05) is 30.3 Å². The van der Waals surface area contributed by atoms with Crippen molar-refractivity contribution in [1.29, 1.82) is 0 Å². The summed E-state index contributed by atoms with van der Waals surface area (Å²) < 4.78 is 50.3. The number of hydrogen-bond donors (Lipinski definition) is 0. The van der Waals surface area contributed by atoms with E-state index in [0.29, 0.717) is 41.4 Å². The molecular weight excluding hydrogens is 493 g/mol. The van der Waals surface area contributed by atoms with Gasteiger partial charge in [-0.05, 0) is 78.3 Å². The Morgan fingerprint density at radius 1 is 0.718 bits per heavy atom. The van der Waals surface area contributed by atoms with Gasteiger partial charge in [0.25, 0.3) is 0 Å². The standard InChI is InChI=1S/C35H43F3O/c1-3-4-5-6-7-8-23-39-33-22-15-27(24-32(33)36)12-11-26-13-18-29(19-14-26)31-21-20-30(34(37)35(31)38)28-16-9-25(2)10-17-28/h13-15,18-22,24-25,28H,3-12,16-17,23H2,1-2H3. The van der Waals surface area contributed by atoms with E-state index in [1.165, 1.54) is 25.7 Å². The lowest BCUT2D eigenvalue weighted by Crippen LogP contribution is -2.13. The molecule has 0 amide bonds. The first-order valence-corrected chi connectivity index (χ1v) is 14.9. The van der Waals surface area contributed by atoms with E-state index in [0.717, 1.165) is 56.1 Å². The Balaban J connectivity index is 1.29. The second kappa shape index (κ2) is 14.6. The Bertz CT molecular complexity index is 1180. The number of benzene rings is 3. The van der Waals surface area contributed by atoms with Gasteiger partial charge in [-0.15, -0.1) is 0 Å². The number of unbranched alkanes of at least 4 members (excludes halogenated alkanes) is 5. The first kappa shape index (κ1) is 29.2. The van der Waals surface area contributed by atoms with Gasteiger partial charge >= 0.3 is 0 Å². The van der Waals surface area contributed by atoms with Crippen LogP contribution < -0.4 is 4.74 Å². The van der Waals surface area contributed by atoms with Gasteiger partial charge in [0, 0.05) is 5.56 Å². The highest BCUT2D eigenvalue weighted by atomic mass is 19.2. The lowest BCUT2D eigenvalue weighted by molar-refractivity contribution is 0.290. The first-order chi connectivity index (χ1) is 19.0. The first-order valence-electron chi connectivity index (χ1n) is 14.9. The van der Waals surface area contributed by atoms with Crippen LogP contribution in [0.5, 0.6) is 5.75 Å². The van der Waals surface area contributed by atoms with Crippen LogP contribution in [0.3, 0.4) is 0 Å². The van der Waals surface area contributed by atoms with Crippen LogP contribution in [0.1, 0.15) is 101 Å². The highest BCUT2D eigenvalue weighted by molar-refractivity contribution is 5.65. The van der Waals surface area contributed by atoms with Crippen molar-refractivity contribution < 1.29 is 17.9 Å². The quantitative estimate of drug-likeness (QED) is 0.197. The number of hydrogen-bond acceptors (Lipinski definition) is 1. The molecule has 3 aromatic rings. The number of ether oxygens (including phenoxy) is 1. The van der Waals surface area contributed by atoms with E-state index in [9.17, 15) is 4.39 Å². The number of halogens is 3. The zero-order valence-corrected chi connectivity index (χ0v) is 23.6. The summed E-state index contributed by atoms with van der Waals surface area (Å²) in [5.74, 6) is -0.685. The predicted molar refractivity (Wildman–Crippen MR) is 155 cm³/mol. The average Bonchev–Trinajstić information content (AvgIpc) is 2.95. The largest absolute Gasteiger partial charge is 0.491 e. The molecule has 0 heterocycles. The third-order valence-electron chi connectivity index (χ3n) is 8.29. The van der Waals surface area contributed by atoms with Crippen molar-refractivity contribution in [3.63, 3.8) is 0 Å². The Morgan fingerprint density at radius 3 is 2.10 bits per heavy atom. The number of rotatable bonds is 13. The normalized spacial score (nSPS) is 17.4. The maximum atomic E-state index is 15.1. The lowest BCUT2D eigenvalue weighted by Gasteiger charge is -2.27. The van der Waals surface area contributed by atoms with Crippen LogP contribution in [0, 0.1) is 23.4 Å². The van der Waals surface area contributed by atoms with Crippen molar-refractivity contribution in [2.45, 2.75) is 96.8 Å². The molecule has 210 valence electrons. The molecule has 0 unspecified atom stereocenters. The Morgan fingerprint density at radius 2 is 1.38 bits per heavy atom. The van der Waals surface area contributed by atoms with E-state index in [2.05, 4.69) is 13.8 Å². The predicted octanol–water partition coefficient (Wildman–Crippen LogP) is 10.6. The van der Waals surface area contributed by atoms with Crippen LogP contribution >= 0.6 is 0 Å². The van der Waals surface area contributed by atoms with Gasteiger partial charge in [0.05, 0.1) is 6.61 Å². The summed E-state index contributed by atoms with van der Waals surface area (Å²) in [6.45, 7) is 4.97. The molecule has 0 bridgehead atoms. The van der Waals surface area contributed by atoms with Crippen LogP contribution in [-0.4, -0.2) is 6.61 Å². The molecule has 1 nitrogen and oxygen atoms in total. The summed E-state index contributed by atoms with van der Waals surface area (Å²) in [7, 11) is 0. The lowest BCUT2D eigenvalue weighted by atomic mass is 9.79. The molecule has 0 saturated heterocycles. The maximum Gasteiger partial charge on any atom is 0.166 e. The minimum Gasteiger partial charge on any atom is -0.491 e. The van der Waals surface area contributed by atoms with Crippen molar-refractivity contribution in [3.8, 4) is 16.9 Å². The molecule has 0 atom stereocenters. The molecule has 0 N–H and O–H groups in total. The molecule has 4 rings (SSSR count). The van der Waals surface area contributed by atoms with Gasteiger partial charge in [-0.2, -0.15) is 0 Å². The summed E-state index contributed by atoms with van der Waals surface area (Å²) in [5.41, 5.74) is 3.45. The fraction of sp³-hybridized carbons (Fsp3) is 0.486. The molecule has 4 heteroatoms. The summed E-state index contributed by atoms with van der Waals surface area (Å²) in [5, 5.41) is 0. The van der Waals surface area contributed by atoms with Crippen molar-refractivity contribution >= 4 is 0 Å². The minimum atomic E-state index is -0.756. The van der Waals surface area contributed by atoms with E-state index in [-0.39, 0.29) is 11.7 Å². The highest BCUT2D eigenvalue weighted by Crippen LogP contribution is 2.38. The summed E-state index contributed by atoms with van der Waals surface area (Å²) in [4.78, 5) is 0. The van der Waals surface area contributed by atoms with Gasteiger partial charge in [-0.1, -0.05) is 101 Å². The van der Waals surface area contributed by atoms with Crippen molar-refractivity contribution in [2.24, 2.45) is 5.92 Å². The summed E-state index contributed by atoms with van der Waals surface area (Å²) >= 11 is 0. The van der Waals surface area contributed by atoms with Crippen molar-refractivity contribution in [1.82, 2.24) is 0 Å². The van der Waals surface area contributed by atoms with Crippen LogP contribution in [0.2, 0.25) is 0 Å². The smallest absolute Gasteiger partial charge is 0.166 e. The molecule has 1 aliphatic carbocycles. The Labute approximate surface area is 232 Å². The van der Waals surface area contributed by atoms with Crippen LogP contribution in [0.4, 0.5) is 13.2 Å². The van der Waals surface area contributed by atoms with Gasteiger partial charge in [-0.25, -0.2) is 13.2 Å². The number of aryl methyl sites for hydroxylation is 2. The topological polar surface area (TPSA) is 9.23 Å². The average molecular weight is 537 g/mol. The molecule has 1 aliphatic rings. The molecule has 1 saturated carbocycles. The van der Waals surface area contributed by atoms with Crippen LogP contribution in [0.25, 0.3) is 11.1 Å². The third-order valence-corrected chi connectivity index (χ3v) is 8.29. The van der Waals surface area contributed by atoms with E-state index in [1.54, 1.807) is 24.3 Å². The van der Waals surface area contributed by atoms with E-state index >= 15 is 8.78 Å². The van der Waals surface area contributed by atoms with Crippen LogP contribution in [0.15, 0.2) is 54.6 Å². The van der Waals surface area contributed by atoms with Crippen molar-refractivity contribution in [3.05, 3.63) is 88.7 Å². The third kappa shape index (κ3) is 8.13. The van der Waals surface area contributed by atoms with E-state index < -0.39 is 11.6 Å². The van der Waals surface area contributed by atoms with E-state index in [4.69, 9.17) is 4.74 Å². The van der Waals surface area contributed by atoms with Gasteiger partial charge in [0.1, 0.15) is 0 Å². The molecule has 0 aliphatic heterocycles. The zero-order valence-electron chi connectivity index (χ0n) is 23.6. The van der Waals surface area contributed by atoms with Crippen LogP contribution in [-0.2, 0) is 12.8 Å². The summed E-state index contributed by atoms with van der Waals surface area (Å²) in [6, 6.07) is 16.3. The molecule has 3 aromatic carbocycles. The fourth-order valence-corrected chi connectivity index (χ4v) is 5.69. The zero-order chi connectivity index (χ0) is 27.6. The van der Waals surface area contributed by atoms with Gasteiger partial charge in [-0.3, -0.25) is 0 Å².